The zero-order chi connectivity index (χ0) is 20.8. The minimum Gasteiger partial charge on any atom is -0.497 e. The van der Waals surface area contributed by atoms with Gasteiger partial charge in [0.15, 0.2) is 6.23 Å². The first-order valence-electron chi connectivity index (χ1n) is 9.84. The smallest absolute Gasteiger partial charge is 0.268 e. The van der Waals surface area contributed by atoms with Crippen LogP contribution in [0.2, 0.25) is 0 Å². The van der Waals surface area contributed by atoms with Gasteiger partial charge >= 0.3 is 0 Å². The van der Waals surface area contributed by atoms with Crippen molar-refractivity contribution in [3.8, 4) is 5.75 Å². The minimum atomic E-state index is -0.513. The molecule has 1 heterocycles. The molecule has 1 amide bonds. The number of nitrogens with one attached hydrogen (secondary N) is 1. The van der Waals surface area contributed by atoms with Gasteiger partial charge in [0, 0.05) is 12.1 Å². The Labute approximate surface area is 172 Å². The van der Waals surface area contributed by atoms with Gasteiger partial charge in [0.1, 0.15) is 17.6 Å². The third-order valence-electron chi connectivity index (χ3n) is 4.85. The number of benzene rings is 2. The molecule has 2 atom stereocenters. The van der Waals surface area contributed by atoms with Crippen molar-refractivity contribution < 1.29 is 14.3 Å². The molecule has 6 heteroatoms. The van der Waals surface area contributed by atoms with E-state index in [0.717, 1.165) is 29.8 Å². The first-order valence-corrected chi connectivity index (χ1v) is 9.84. The number of hydrogen-bond donors (Lipinski definition) is 1. The zero-order valence-corrected chi connectivity index (χ0v) is 17.5. The van der Waals surface area contributed by atoms with Crippen molar-refractivity contribution in [2.75, 3.05) is 34.3 Å². The van der Waals surface area contributed by atoms with Crippen molar-refractivity contribution in [3.05, 3.63) is 65.2 Å². The maximum absolute atomic E-state index is 12.9. The van der Waals surface area contributed by atoms with Gasteiger partial charge < -0.3 is 19.7 Å². The fraction of sp³-hybridized carbons (Fsp3) is 0.391. The number of carbonyl (C=O) groups is 1. The van der Waals surface area contributed by atoms with Crippen LogP contribution in [0, 0.1) is 6.92 Å². The van der Waals surface area contributed by atoms with Crippen LogP contribution >= 0.6 is 0 Å². The molecular formula is C23H29N3O3. The highest BCUT2D eigenvalue weighted by Gasteiger charge is 2.35. The van der Waals surface area contributed by atoms with Gasteiger partial charge in [-0.25, -0.2) is 4.99 Å². The molecule has 0 spiro atoms. The molecule has 0 aromatic heterocycles. The molecule has 6 nitrogen and oxygen atoms in total. The van der Waals surface area contributed by atoms with Crippen LogP contribution in [0.15, 0.2) is 53.5 Å². The Morgan fingerprint density at radius 1 is 1.10 bits per heavy atom. The van der Waals surface area contributed by atoms with Crippen LogP contribution in [0.4, 0.5) is 0 Å². The lowest BCUT2D eigenvalue weighted by atomic mass is 10.0. The van der Waals surface area contributed by atoms with E-state index in [1.165, 1.54) is 5.56 Å². The number of ether oxygens (including phenoxy) is 2. The van der Waals surface area contributed by atoms with Crippen molar-refractivity contribution in [2.45, 2.75) is 25.7 Å². The molecule has 0 aliphatic carbocycles. The van der Waals surface area contributed by atoms with E-state index in [4.69, 9.17) is 9.47 Å². The molecule has 1 aliphatic heterocycles. The van der Waals surface area contributed by atoms with E-state index in [0.29, 0.717) is 12.3 Å². The minimum absolute atomic E-state index is 0.181. The number of nitrogens with zero attached hydrogens (tertiary/aromatic N) is 2. The monoisotopic (exact) mass is 395 g/mol. The van der Waals surface area contributed by atoms with Crippen LogP contribution in [-0.2, 0) is 9.53 Å². The van der Waals surface area contributed by atoms with E-state index in [9.17, 15) is 4.79 Å². The number of carbonyl (C=O) groups excluding carboxylic acids is 1. The molecule has 0 saturated heterocycles. The van der Waals surface area contributed by atoms with Crippen LogP contribution in [0.5, 0.6) is 5.75 Å². The Morgan fingerprint density at radius 3 is 2.38 bits per heavy atom. The van der Waals surface area contributed by atoms with Crippen LogP contribution < -0.4 is 10.1 Å². The highest BCUT2D eigenvalue weighted by molar-refractivity contribution is 6.41. The van der Waals surface area contributed by atoms with Gasteiger partial charge in [-0.2, -0.15) is 0 Å². The second-order valence-corrected chi connectivity index (χ2v) is 7.48. The molecule has 154 valence electrons. The van der Waals surface area contributed by atoms with Gasteiger partial charge in [-0.05, 0) is 51.7 Å². The van der Waals surface area contributed by atoms with Gasteiger partial charge in [-0.15, -0.1) is 0 Å². The van der Waals surface area contributed by atoms with Gasteiger partial charge in [-0.3, -0.25) is 4.79 Å². The third-order valence-corrected chi connectivity index (χ3v) is 4.85. The van der Waals surface area contributed by atoms with E-state index in [2.05, 4.69) is 15.2 Å². The summed E-state index contributed by atoms with van der Waals surface area (Å²) in [5.74, 6) is 0.577. The predicted octanol–water partition coefficient (Wildman–Crippen LogP) is 3.28. The van der Waals surface area contributed by atoms with Crippen LogP contribution in [0.3, 0.4) is 0 Å². The maximum atomic E-state index is 12.9. The number of aryl methyl sites for hydroxylation is 1. The van der Waals surface area contributed by atoms with E-state index in [-0.39, 0.29) is 5.91 Å². The van der Waals surface area contributed by atoms with E-state index >= 15 is 0 Å². The number of methoxy groups -OCH3 is 1. The summed E-state index contributed by atoms with van der Waals surface area (Å²) < 4.78 is 11.4. The Bertz CT molecular complexity index is 845. The quantitative estimate of drug-likeness (QED) is 0.697. The molecule has 3 rings (SSSR count). The van der Waals surface area contributed by atoms with Crippen LogP contribution in [-0.4, -0.2) is 50.8 Å². The number of hydrogen-bond acceptors (Lipinski definition) is 5. The Balaban J connectivity index is 1.79. The SMILES string of the molecule is COc1ccc([C@@H]2O[C@@H](c3ccc(C)cc3)N=C2C(=O)NCCCN(C)C)cc1. The number of rotatable bonds is 8. The largest absolute Gasteiger partial charge is 0.497 e. The lowest BCUT2D eigenvalue weighted by Crippen LogP contribution is -2.35. The van der Waals surface area contributed by atoms with Gasteiger partial charge in [0.05, 0.1) is 7.11 Å². The van der Waals surface area contributed by atoms with Gasteiger partial charge in [0.25, 0.3) is 5.91 Å². The summed E-state index contributed by atoms with van der Waals surface area (Å²) in [6.45, 7) is 3.55. The summed E-state index contributed by atoms with van der Waals surface area (Å²) in [6.07, 6.45) is -0.132. The highest BCUT2D eigenvalue weighted by atomic mass is 16.5. The van der Waals surface area contributed by atoms with Crippen molar-refractivity contribution in [2.24, 2.45) is 4.99 Å². The average molecular weight is 396 g/mol. The highest BCUT2D eigenvalue weighted by Crippen LogP contribution is 2.36. The molecule has 2 aromatic rings. The second kappa shape index (κ2) is 9.67. The molecule has 0 saturated carbocycles. The fourth-order valence-electron chi connectivity index (χ4n) is 3.18. The van der Waals surface area contributed by atoms with Crippen molar-refractivity contribution in [3.63, 3.8) is 0 Å². The van der Waals surface area contributed by atoms with Gasteiger partial charge in [0.2, 0.25) is 0 Å². The zero-order valence-electron chi connectivity index (χ0n) is 17.5. The third kappa shape index (κ3) is 5.43. The molecule has 0 bridgehead atoms. The Hall–Kier alpha value is -2.70. The Kier molecular flexibility index (Phi) is 7.01. The maximum Gasteiger partial charge on any atom is 0.268 e. The average Bonchev–Trinajstić information content (AvgIpc) is 3.17. The summed E-state index contributed by atoms with van der Waals surface area (Å²) in [5, 5.41) is 2.98. The van der Waals surface area contributed by atoms with E-state index in [1.54, 1.807) is 7.11 Å². The summed E-state index contributed by atoms with van der Waals surface area (Å²) in [7, 11) is 5.66. The fourth-order valence-corrected chi connectivity index (χ4v) is 3.18. The Morgan fingerprint density at radius 2 is 1.76 bits per heavy atom. The number of amides is 1. The molecule has 1 aliphatic rings. The van der Waals surface area contributed by atoms with Gasteiger partial charge in [-0.1, -0.05) is 42.0 Å². The summed E-state index contributed by atoms with van der Waals surface area (Å²) in [5.41, 5.74) is 3.39. The summed E-state index contributed by atoms with van der Waals surface area (Å²) in [6, 6.07) is 15.6. The van der Waals surface area contributed by atoms with E-state index < -0.39 is 12.3 Å². The topological polar surface area (TPSA) is 63.2 Å². The molecule has 29 heavy (non-hydrogen) atoms. The van der Waals surface area contributed by atoms with Crippen molar-refractivity contribution >= 4 is 11.6 Å². The number of aliphatic imine (C=N–C) groups is 1. The first-order chi connectivity index (χ1) is 14.0. The van der Waals surface area contributed by atoms with Crippen molar-refractivity contribution in [1.82, 2.24) is 10.2 Å². The second-order valence-electron chi connectivity index (χ2n) is 7.48. The van der Waals surface area contributed by atoms with Crippen molar-refractivity contribution in [1.29, 1.82) is 0 Å². The molecule has 1 N–H and O–H groups in total. The van der Waals surface area contributed by atoms with E-state index in [1.807, 2.05) is 69.6 Å². The standard InChI is InChI=1S/C23H29N3O3/c1-16-6-8-18(9-7-16)23-25-20(22(27)24-14-5-15-26(2)3)21(29-23)17-10-12-19(28-4)13-11-17/h6-13,21,23H,5,14-15H2,1-4H3,(H,24,27)/t21-,23-/m0/s1. The first kappa shape index (κ1) is 21.0. The van der Waals surface area contributed by atoms with Crippen LogP contribution in [0.1, 0.15) is 35.4 Å². The molecule has 0 fully saturated rings. The lowest BCUT2D eigenvalue weighted by Gasteiger charge is -2.16. The molecular weight excluding hydrogens is 366 g/mol. The normalized spacial score (nSPS) is 18.6. The summed E-state index contributed by atoms with van der Waals surface area (Å²) >= 11 is 0. The predicted molar refractivity (Wildman–Crippen MR) is 114 cm³/mol. The molecule has 0 unspecified atom stereocenters. The van der Waals surface area contributed by atoms with Crippen LogP contribution in [0.25, 0.3) is 0 Å². The lowest BCUT2D eigenvalue weighted by molar-refractivity contribution is -0.115. The molecule has 2 aromatic carbocycles. The summed E-state index contributed by atoms with van der Waals surface area (Å²) in [4.78, 5) is 19.6. The molecule has 0 radical (unpaired) electrons.